The Balaban J connectivity index is 2.10. The second-order valence-corrected chi connectivity index (χ2v) is 7.24. The van der Waals surface area contributed by atoms with Crippen LogP contribution in [0.4, 0.5) is 10.1 Å². The zero-order chi connectivity index (χ0) is 18.4. The van der Waals surface area contributed by atoms with Gasteiger partial charge in [-0.05, 0) is 37.6 Å². The third-order valence-electron chi connectivity index (χ3n) is 3.73. The van der Waals surface area contributed by atoms with Gasteiger partial charge in [0.1, 0.15) is 17.3 Å². The number of hydrogen-bond donors (Lipinski definition) is 2. The van der Waals surface area contributed by atoms with E-state index in [0.29, 0.717) is 12.2 Å². The van der Waals surface area contributed by atoms with Crippen LogP contribution >= 0.6 is 0 Å². The van der Waals surface area contributed by atoms with Crippen molar-refractivity contribution in [1.29, 1.82) is 0 Å². The highest BCUT2D eigenvalue weighted by atomic mass is 32.2. The van der Waals surface area contributed by atoms with Gasteiger partial charge in [-0.1, -0.05) is 6.92 Å². The van der Waals surface area contributed by atoms with Crippen LogP contribution in [0.3, 0.4) is 0 Å². The van der Waals surface area contributed by atoms with Gasteiger partial charge in [-0.15, -0.1) is 0 Å². The SMILES string of the molecule is CCc1nc2nc(C)c(NS(=O)(=O)c3ccc(F)c(C)c3)c(=O)n2[nH]1. The summed E-state index contributed by atoms with van der Waals surface area (Å²) < 4.78 is 41.8. The number of aromatic amines is 1. The van der Waals surface area contributed by atoms with E-state index in [1.807, 2.05) is 6.92 Å². The standard InChI is InChI=1S/C15H16FN5O3S/c1-4-12-18-15-17-9(3)13(14(22)21(15)19-12)20-25(23,24)10-5-6-11(16)8(2)7-10/h5-7,20H,4H2,1-3H3,(H,17,18,19). The number of H-pyrrole nitrogens is 1. The Labute approximate surface area is 142 Å². The van der Waals surface area contributed by atoms with Crippen molar-refractivity contribution in [3.8, 4) is 0 Å². The van der Waals surface area contributed by atoms with Crippen molar-refractivity contribution in [3.63, 3.8) is 0 Å². The van der Waals surface area contributed by atoms with Gasteiger partial charge in [0.25, 0.3) is 21.4 Å². The zero-order valence-electron chi connectivity index (χ0n) is 13.8. The predicted octanol–water partition coefficient (Wildman–Crippen LogP) is 1.54. The van der Waals surface area contributed by atoms with Crippen molar-refractivity contribution in [2.24, 2.45) is 0 Å². The summed E-state index contributed by atoms with van der Waals surface area (Å²) in [6.07, 6.45) is 0.567. The molecule has 3 aromatic rings. The number of rotatable bonds is 4. The van der Waals surface area contributed by atoms with Gasteiger partial charge >= 0.3 is 0 Å². The van der Waals surface area contributed by atoms with Crippen LogP contribution in [0.1, 0.15) is 24.0 Å². The molecule has 3 rings (SSSR count). The predicted molar refractivity (Wildman–Crippen MR) is 89.7 cm³/mol. The average Bonchev–Trinajstić information content (AvgIpc) is 2.97. The van der Waals surface area contributed by atoms with Crippen LogP contribution < -0.4 is 10.3 Å². The number of fused-ring (bicyclic) bond motifs is 1. The van der Waals surface area contributed by atoms with Crippen LogP contribution in [0.25, 0.3) is 5.78 Å². The summed E-state index contributed by atoms with van der Waals surface area (Å²) in [7, 11) is -4.07. The Kier molecular flexibility index (Phi) is 4.07. The number of aryl methyl sites for hydroxylation is 3. The summed E-state index contributed by atoms with van der Waals surface area (Å²) in [5.74, 6) is 0.209. The topological polar surface area (TPSA) is 109 Å². The molecule has 0 aliphatic heterocycles. The molecule has 0 unspecified atom stereocenters. The van der Waals surface area contributed by atoms with Crippen LogP contribution in [0.15, 0.2) is 27.9 Å². The maximum Gasteiger partial charge on any atom is 0.298 e. The number of halogens is 1. The molecule has 2 aromatic heterocycles. The lowest BCUT2D eigenvalue weighted by atomic mass is 10.2. The number of sulfonamides is 1. The van der Waals surface area contributed by atoms with E-state index in [1.54, 1.807) is 0 Å². The highest BCUT2D eigenvalue weighted by molar-refractivity contribution is 7.92. The molecule has 8 nitrogen and oxygen atoms in total. The molecule has 0 saturated heterocycles. The molecule has 0 aliphatic carbocycles. The number of benzene rings is 1. The molecule has 25 heavy (non-hydrogen) atoms. The minimum Gasteiger partial charge on any atom is -0.275 e. The van der Waals surface area contributed by atoms with E-state index in [1.165, 1.54) is 19.9 Å². The van der Waals surface area contributed by atoms with Crippen LogP contribution in [0.5, 0.6) is 0 Å². The summed E-state index contributed by atoms with van der Waals surface area (Å²) in [5.41, 5.74) is -0.421. The van der Waals surface area contributed by atoms with Crippen molar-refractivity contribution in [2.45, 2.75) is 32.1 Å². The van der Waals surface area contributed by atoms with Gasteiger partial charge in [0.05, 0.1) is 10.6 Å². The van der Waals surface area contributed by atoms with Crippen LogP contribution in [-0.4, -0.2) is 28.0 Å². The van der Waals surface area contributed by atoms with Crippen LogP contribution in [0, 0.1) is 19.7 Å². The average molecular weight is 365 g/mol. The molecule has 0 aliphatic rings. The molecule has 10 heteroatoms. The molecule has 132 valence electrons. The van der Waals surface area contributed by atoms with Crippen molar-refractivity contribution in [3.05, 3.63) is 51.5 Å². The highest BCUT2D eigenvalue weighted by Crippen LogP contribution is 2.18. The molecule has 2 N–H and O–H groups in total. The molecular formula is C15H16FN5O3S. The summed E-state index contributed by atoms with van der Waals surface area (Å²) >= 11 is 0. The van der Waals surface area contributed by atoms with E-state index < -0.39 is 21.4 Å². The summed E-state index contributed by atoms with van der Waals surface area (Å²) in [4.78, 5) is 20.7. The van der Waals surface area contributed by atoms with E-state index in [-0.39, 0.29) is 27.6 Å². The molecule has 0 spiro atoms. The van der Waals surface area contributed by atoms with E-state index >= 15 is 0 Å². The van der Waals surface area contributed by atoms with Gasteiger partial charge in [-0.2, -0.15) is 9.50 Å². The van der Waals surface area contributed by atoms with Gasteiger partial charge in [0, 0.05) is 6.42 Å². The van der Waals surface area contributed by atoms with E-state index in [9.17, 15) is 17.6 Å². The number of aromatic nitrogens is 4. The third kappa shape index (κ3) is 3.00. The normalized spacial score (nSPS) is 11.8. The van der Waals surface area contributed by atoms with Gasteiger partial charge in [-0.25, -0.2) is 17.8 Å². The molecule has 0 fully saturated rings. The lowest BCUT2D eigenvalue weighted by Crippen LogP contribution is -2.25. The summed E-state index contributed by atoms with van der Waals surface area (Å²) in [6.45, 7) is 4.82. The van der Waals surface area contributed by atoms with E-state index in [0.717, 1.165) is 16.6 Å². The lowest BCUT2D eigenvalue weighted by molar-refractivity contribution is 0.598. The van der Waals surface area contributed by atoms with Gasteiger partial charge in [0.2, 0.25) is 0 Å². The Hall–Kier alpha value is -2.75. The molecule has 0 radical (unpaired) electrons. The monoisotopic (exact) mass is 365 g/mol. The fourth-order valence-electron chi connectivity index (χ4n) is 2.32. The minimum absolute atomic E-state index is 0.144. The Bertz CT molecular complexity index is 1130. The fraction of sp³-hybridized carbons (Fsp3) is 0.267. The third-order valence-corrected chi connectivity index (χ3v) is 5.08. The fourth-order valence-corrected chi connectivity index (χ4v) is 3.52. The van der Waals surface area contributed by atoms with Gasteiger partial charge in [0.15, 0.2) is 0 Å². The molecule has 0 saturated carbocycles. The maximum absolute atomic E-state index is 13.4. The van der Waals surface area contributed by atoms with Crippen molar-refractivity contribution >= 4 is 21.5 Å². The number of anilines is 1. The van der Waals surface area contributed by atoms with Crippen molar-refractivity contribution in [2.75, 3.05) is 4.72 Å². The number of hydrogen-bond acceptors (Lipinski definition) is 5. The molecule has 0 amide bonds. The molecule has 1 aromatic carbocycles. The van der Waals surface area contributed by atoms with E-state index in [4.69, 9.17) is 0 Å². The summed E-state index contributed by atoms with van der Waals surface area (Å²) in [6, 6.07) is 3.39. The number of nitrogens with zero attached hydrogens (tertiary/aromatic N) is 3. The first kappa shape index (κ1) is 17.1. The quantitative estimate of drug-likeness (QED) is 0.729. The Morgan fingerprint density at radius 1 is 1.28 bits per heavy atom. The van der Waals surface area contributed by atoms with Crippen LogP contribution in [-0.2, 0) is 16.4 Å². The largest absolute Gasteiger partial charge is 0.298 e. The first-order valence-electron chi connectivity index (χ1n) is 7.50. The zero-order valence-corrected chi connectivity index (χ0v) is 14.6. The molecular weight excluding hydrogens is 349 g/mol. The second kappa shape index (κ2) is 5.96. The molecule has 0 atom stereocenters. The van der Waals surface area contributed by atoms with Gasteiger partial charge in [-0.3, -0.25) is 14.6 Å². The summed E-state index contributed by atoms with van der Waals surface area (Å²) in [5, 5.41) is 2.77. The highest BCUT2D eigenvalue weighted by Gasteiger charge is 2.21. The molecule has 0 bridgehead atoms. The Morgan fingerprint density at radius 2 is 2.00 bits per heavy atom. The lowest BCUT2D eigenvalue weighted by Gasteiger charge is -2.10. The second-order valence-electron chi connectivity index (χ2n) is 5.55. The minimum atomic E-state index is -4.07. The Morgan fingerprint density at radius 3 is 2.64 bits per heavy atom. The molecule has 2 heterocycles. The van der Waals surface area contributed by atoms with Crippen LogP contribution in [0.2, 0.25) is 0 Å². The van der Waals surface area contributed by atoms with Crippen molar-refractivity contribution in [1.82, 2.24) is 19.6 Å². The van der Waals surface area contributed by atoms with E-state index in [2.05, 4.69) is 19.8 Å². The maximum atomic E-state index is 13.4. The van der Waals surface area contributed by atoms with Gasteiger partial charge < -0.3 is 0 Å². The van der Waals surface area contributed by atoms with Crippen molar-refractivity contribution < 1.29 is 12.8 Å². The first-order chi connectivity index (χ1) is 11.7. The first-order valence-corrected chi connectivity index (χ1v) is 8.98. The smallest absolute Gasteiger partial charge is 0.275 e. The number of nitrogens with one attached hydrogen (secondary N) is 2.